The van der Waals surface area contributed by atoms with E-state index in [2.05, 4.69) is 15.8 Å². The summed E-state index contributed by atoms with van der Waals surface area (Å²) in [5, 5.41) is 20.6. The van der Waals surface area contributed by atoms with E-state index in [1.807, 2.05) is 45.0 Å². The molecule has 4 rings (SSSR count). The largest absolute Gasteiger partial charge is 0.491 e. The van der Waals surface area contributed by atoms with Crippen molar-refractivity contribution in [2.24, 2.45) is 0 Å². The van der Waals surface area contributed by atoms with Crippen molar-refractivity contribution in [1.29, 1.82) is 0 Å². The molecule has 1 aliphatic heterocycles. The zero-order valence-corrected chi connectivity index (χ0v) is 24.0. The van der Waals surface area contributed by atoms with Crippen LogP contribution in [0.25, 0.3) is 22.6 Å². The van der Waals surface area contributed by atoms with Crippen molar-refractivity contribution in [1.82, 2.24) is 24.7 Å². The maximum Gasteiger partial charge on any atom is 0.213 e. The first-order valence-electron chi connectivity index (χ1n) is 13.2. The number of nitrogens with one attached hydrogen (secondary N) is 2. The monoisotopic (exact) mass is 558 g/mol. The first-order valence-corrected chi connectivity index (χ1v) is 14.9. The summed E-state index contributed by atoms with van der Waals surface area (Å²) in [5.74, 6) is 2.43. The Labute approximate surface area is 230 Å². The lowest BCUT2D eigenvalue weighted by atomic mass is 10.0. The topological polar surface area (TPSA) is 143 Å². The molecule has 2 unspecified atom stereocenters. The highest BCUT2D eigenvalue weighted by Crippen LogP contribution is 2.34. The van der Waals surface area contributed by atoms with Crippen LogP contribution in [0.4, 0.5) is 5.82 Å². The number of rotatable bonds is 11. The van der Waals surface area contributed by atoms with Crippen LogP contribution in [-0.2, 0) is 10.0 Å². The van der Waals surface area contributed by atoms with Crippen molar-refractivity contribution in [3.05, 3.63) is 41.3 Å². The summed E-state index contributed by atoms with van der Waals surface area (Å²) in [6.45, 7) is 8.82. The van der Waals surface area contributed by atoms with Crippen molar-refractivity contribution in [2.75, 3.05) is 44.4 Å². The molecule has 3 aromatic rings. The molecule has 2 aromatic heterocycles. The third kappa shape index (κ3) is 6.75. The fourth-order valence-electron chi connectivity index (χ4n) is 4.75. The number of nitrogens with zero attached hydrogens (tertiary/aromatic N) is 4. The van der Waals surface area contributed by atoms with Gasteiger partial charge in [0.1, 0.15) is 30.0 Å². The van der Waals surface area contributed by atoms with Gasteiger partial charge in [0, 0.05) is 36.8 Å². The van der Waals surface area contributed by atoms with E-state index in [1.54, 1.807) is 18.3 Å². The summed E-state index contributed by atoms with van der Waals surface area (Å²) in [6.07, 6.45) is 0.958. The highest BCUT2D eigenvalue weighted by molar-refractivity contribution is 7.89. The van der Waals surface area contributed by atoms with E-state index in [1.165, 1.54) is 0 Å². The zero-order valence-electron chi connectivity index (χ0n) is 23.2. The molecule has 0 saturated carbocycles. The number of hydrogen-bond acceptors (Lipinski definition) is 10. The van der Waals surface area contributed by atoms with Gasteiger partial charge in [-0.25, -0.2) is 18.4 Å². The van der Waals surface area contributed by atoms with Gasteiger partial charge in [0.25, 0.3) is 0 Å². The van der Waals surface area contributed by atoms with Gasteiger partial charge in [0.2, 0.25) is 10.0 Å². The van der Waals surface area contributed by atoms with E-state index in [0.29, 0.717) is 48.5 Å². The second-order valence-electron chi connectivity index (χ2n) is 9.86. The van der Waals surface area contributed by atoms with Gasteiger partial charge >= 0.3 is 0 Å². The van der Waals surface area contributed by atoms with Gasteiger partial charge in [0.15, 0.2) is 5.82 Å². The summed E-state index contributed by atoms with van der Waals surface area (Å²) in [5.41, 5.74) is 3.79. The molecular weight excluding hydrogens is 520 g/mol. The summed E-state index contributed by atoms with van der Waals surface area (Å²) >= 11 is 0. The molecule has 212 valence electrons. The van der Waals surface area contributed by atoms with Crippen molar-refractivity contribution < 1.29 is 22.8 Å². The lowest BCUT2D eigenvalue weighted by Crippen LogP contribution is -2.45. The van der Waals surface area contributed by atoms with Crippen LogP contribution >= 0.6 is 0 Å². The van der Waals surface area contributed by atoms with Crippen LogP contribution in [0.2, 0.25) is 0 Å². The molecule has 11 nitrogen and oxygen atoms in total. The Morgan fingerprint density at radius 2 is 2.05 bits per heavy atom. The van der Waals surface area contributed by atoms with E-state index in [4.69, 9.17) is 19.2 Å². The van der Waals surface area contributed by atoms with E-state index in [9.17, 15) is 13.5 Å². The van der Waals surface area contributed by atoms with Crippen LogP contribution in [0.1, 0.15) is 36.8 Å². The lowest BCUT2D eigenvalue weighted by Gasteiger charge is -2.32. The fourth-order valence-corrected chi connectivity index (χ4v) is 5.93. The van der Waals surface area contributed by atoms with Gasteiger partial charge in [0.05, 0.1) is 22.7 Å². The van der Waals surface area contributed by atoms with Crippen molar-refractivity contribution in [3.63, 3.8) is 0 Å². The van der Waals surface area contributed by atoms with Crippen molar-refractivity contribution >= 4 is 15.8 Å². The van der Waals surface area contributed by atoms with Crippen LogP contribution in [0.5, 0.6) is 5.75 Å². The van der Waals surface area contributed by atoms with Gasteiger partial charge < -0.3 is 25.0 Å². The molecule has 12 heteroatoms. The summed E-state index contributed by atoms with van der Waals surface area (Å²) in [7, 11) is -1.51. The maximum atomic E-state index is 12.5. The second-order valence-corrected chi connectivity index (χ2v) is 12.1. The fraction of sp³-hybridized carbons (Fsp3) is 0.519. The molecule has 0 spiro atoms. The Kier molecular flexibility index (Phi) is 9.21. The summed E-state index contributed by atoms with van der Waals surface area (Å²) in [4.78, 5) is 9.80. The molecule has 1 saturated heterocycles. The van der Waals surface area contributed by atoms with Gasteiger partial charge in [-0.15, -0.1) is 0 Å². The number of piperidine rings is 1. The van der Waals surface area contributed by atoms with E-state index >= 15 is 0 Å². The zero-order chi connectivity index (χ0) is 28.2. The molecule has 2 atom stereocenters. The Hall–Kier alpha value is -3.06. The SMILES string of the molecule is CCS(=O)(=O)N1CCCC(Nc2nc(-c3cccc(OCC(O)CNC)c3)nc(-c3c(C)noc3C)c2C)C1. The molecule has 0 aliphatic carbocycles. The van der Waals surface area contributed by atoms with E-state index in [-0.39, 0.29) is 18.4 Å². The molecule has 39 heavy (non-hydrogen) atoms. The third-order valence-electron chi connectivity index (χ3n) is 6.87. The molecule has 1 aliphatic rings. The minimum atomic E-state index is -3.28. The highest BCUT2D eigenvalue weighted by atomic mass is 32.2. The average Bonchev–Trinajstić information content (AvgIpc) is 3.26. The van der Waals surface area contributed by atoms with Crippen molar-refractivity contribution in [2.45, 2.75) is 52.7 Å². The number of aryl methyl sites for hydroxylation is 2. The second kappa shape index (κ2) is 12.4. The van der Waals surface area contributed by atoms with Gasteiger partial charge in [-0.1, -0.05) is 17.3 Å². The number of anilines is 1. The molecule has 1 fully saturated rings. The summed E-state index contributed by atoms with van der Waals surface area (Å²) < 4.78 is 37.9. The predicted molar refractivity (Wildman–Crippen MR) is 150 cm³/mol. The molecular formula is C27H38N6O5S. The van der Waals surface area contributed by atoms with E-state index in [0.717, 1.165) is 35.2 Å². The van der Waals surface area contributed by atoms with Crippen LogP contribution in [0.15, 0.2) is 28.8 Å². The number of benzene rings is 1. The van der Waals surface area contributed by atoms with Gasteiger partial charge in [-0.2, -0.15) is 4.31 Å². The first-order chi connectivity index (χ1) is 18.6. The standard InChI is InChI=1S/C27H38N6O5S/c1-6-39(35,36)33-12-8-10-21(15-33)29-26-17(2)25(24-18(3)32-38-19(24)4)30-27(31-26)20-9-7-11-23(13-20)37-16-22(34)14-28-5/h7,9,11,13,21-22,28,34H,6,8,10,12,14-16H2,1-5H3,(H,29,30,31). The van der Waals surface area contributed by atoms with Crippen LogP contribution in [0, 0.1) is 20.8 Å². The minimum absolute atomic E-state index is 0.0803. The molecule has 0 amide bonds. The molecule has 1 aromatic carbocycles. The number of hydrogen-bond donors (Lipinski definition) is 3. The summed E-state index contributed by atoms with van der Waals surface area (Å²) in [6, 6.07) is 7.33. The Balaban J connectivity index is 1.71. The quantitative estimate of drug-likeness (QED) is 0.321. The lowest BCUT2D eigenvalue weighted by molar-refractivity contribution is 0.108. The van der Waals surface area contributed by atoms with Gasteiger partial charge in [-0.3, -0.25) is 0 Å². The Morgan fingerprint density at radius 1 is 1.26 bits per heavy atom. The molecule has 3 heterocycles. The minimum Gasteiger partial charge on any atom is -0.491 e. The van der Waals surface area contributed by atoms with Crippen LogP contribution < -0.4 is 15.4 Å². The number of ether oxygens (including phenoxy) is 1. The van der Waals surface area contributed by atoms with Crippen molar-refractivity contribution in [3.8, 4) is 28.4 Å². The van der Waals surface area contributed by atoms with Crippen LogP contribution in [-0.4, -0.2) is 84.1 Å². The Bertz CT molecular complexity index is 1370. The highest BCUT2D eigenvalue weighted by Gasteiger charge is 2.29. The number of aliphatic hydroxyl groups excluding tert-OH is 1. The normalized spacial score (nSPS) is 17.2. The molecule has 0 radical (unpaired) electrons. The van der Waals surface area contributed by atoms with E-state index < -0.39 is 16.1 Å². The maximum absolute atomic E-state index is 12.5. The number of aliphatic hydroxyl groups is 1. The molecule has 3 N–H and O–H groups in total. The average molecular weight is 559 g/mol. The number of sulfonamides is 1. The van der Waals surface area contributed by atoms with Gasteiger partial charge in [-0.05, 0) is 59.7 Å². The predicted octanol–water partition coefficient (Wildman–Crippen LogP) is 2.91. The smallest absolute Gasteiger partial charge is 0.213 e. The number of aromatic nitrogens is 3. The number of likely N-dealkylation sites (N-methyl/N-ethyl adjacent to an activating group) is 1. The Morgan fingerprint density at radius 3 is 2.74 bits per heavy atom. The third-order valence-corrected chi connectivity index (χ3v) is 8.72. The van der Waals surface area contributed by atoms with Crippen LogP contribution in [0.3, 0.4) is 0 Å². The molecule has 0 bridgehead atoms. The first kappa shape index (κ1) is 28.9.